The van der Waals surface area contributed by atoms with E-state index in [0.29, 0.717) is 22.9 Å². The molecule has 2 N–H and O–H groups in total. The van der Waals surface area contributed by atoms with Crippen LogP contribution in [0.3, 0.4) is 0 Å². The average Bonchev–Trinajstić information content (AvgIpc) is 2.81. The molecule has 0 aliphatic rings. The second-order valence-electron chi connectivity index (χ2n) is 6.86. The average molecular weight is 551 g/mol. The van der Waals surface area contributed by atoms with Gasteiger partial charge in [0.25, 0.3) is 10.0 Å². The summed E-state index contributed by atoms with van der Waals surface area (Å²) in [5.41, 5.74) is 1.94. The van der Waals surface area contributed by atoms with Crippen LogP contribution in [0.2, 0.25) is 0 Å². The van der Waals surface area contributed by atoms with Crippen LogP contribution in [-0.2, 0) is 20.6 Å². The van der Waals surface area contributed by atoms with Gasteiger partial charge in [0.2, 0.25) is 5.91 Å². The Labute approximate surface area is 206 Å². The molecule has 0 saturated heterocycles. The van der Waals surface area contributed by atoms with Gasteiger partial charge in [0.05, 0.1) is 30.6 Å². The lowest BCUT2D eigenvalue weighted by atomic mass is 10.2. The molecule has 7 nitrogen and oxygen atoms in total. The number of amides is 1. The maximum Gasteiger partial charge on any atom is 0.262 e. The van der Waals surface area contributed by atoms with Gasteiger partial charge in [0.1, 0.15) is 11.5 Å². The molecule has 0 saturated carbocycles. The van der Waals surface area contributed by atoms with Gasteiger partial charge in [0.15, 0.2) is 0 Å². The van der Waals surface area contributed by atoms with Crippen molar-refractivity contribution in [3.63, 3.8) is 0 Å². The largest absolute Gasteiger partial charge is 0.497 e. The lowest BCUT2D eigenvalue weighted by molar-refractivity contribution is -0.113. The van der Waals surface area contributed by atoms with Crippen LogP contribution in [0, 0.1) is 0 Å². The zero-order valence-electron chi connectivity index (χ0n) is 18.0. The van der Waals surface area contributed by atoms with Crippen molar-refractivity contribution in [2.45, 2.75) is 10.6 Å². The van der Waals surface area contributed by atoms with E-state index in [2.05, 4.69) is 26.0 Å². The predicted molar refractivity (Wildman–Crippen MR) is 136 cm³/mol. The van der Waals surface area contributed by atoms with E-state index in [1.807, 2.05) is 24.3 Å². The van der Waals surface area contributed by atoms with E-state index in [1.165, 1.54) is 38.1 Å². The van der Waals surface area contributed by atoms with Crippen LogP contribution >= 0.6 is 27.7 Å². The second-order valence-corrected chi connectivity index (χ2v) is 10.4. The summed E-state index contributed by atoms with van der Waals surface area (Å²) in [7, 11) is -0.890. The Kier molecular flexibility index (Phi) is 8.65. The summed E-state index contributed by atoms with van der Waals surface area (Å²) >= 11 is 4.90. The lowest BCUT2D eigenvalue weighted by Crippen LogP contribution is -2.15. The second kappa shape index (κ2) is 11.4. The fourth-order valence-electron chi connectivity index (χ4n) is 2.84. The minimum absolute atomic E-state index is 0.0583. The molecule has 0 bridgehead atoms. The first-order valence-electron chi connectivity index (χ1n) is 9.77. The molecule has 10 heteroatoms. The van der Waals surface area contributed by atoms with E-state index in [-0.39, 0.29) is 16.6 Å². The number of benzene rings is 3. The number of halogens is 1. The van der Waals surface area contributed by atoms with Crippen molar-refractivity contribution in [2.24, 2.45) is 0 Å². The summed E-state index contributed by atoms with van der Waals surface area (Å²) in [6.07, 6.45) is 0. The third-order valence-electron chi connectivity index (χ3n) is 4.52. The van der Waals surface area contributed by atoms with Gasteiger partial charge in [-0.25, -0.2) is 8.42 Å². The molecule has 3 aromatic rings. The Balaban J connectivity index is 1.57. The smallest absolute Gasteiger partial charge is 0.262 e. The number of ether oxygens (including phenoxy) is 2. The quantitative estimate of drug-likeness (QED) is 0.363. The number of rotatable bonds is 10. The van der Waals surface area contributed by atoms with E-state index >= 15 is 0 Å². The molecule has 0 fully saturated rings. The van der Waals surface area contributed by atoms with Crippen molar-refractivity contribution in [3.05, 3.63) is 76.8 Å². The number of thioether (sulfide) groups is 1. The van der Waals surface area contributed by atoms with Crippen LogP contribution in [0.15, 0.2) is 76.1 Å². The zero-order valence-corrected chi connectivity index (χ0v) is 21.2. The molecule has 0 unspecified atom stereocenters. The summed E-state index contributed by atoms with van der Waals surface area (Å²) in [6, 6.07) is 18.7. The van der Waals surface area contributed by atoms with Crippen LogP contribution in [0.4, 0.5) is 11.4 Å². The summed E-state index contributed by atoms with van der Waals surface area (Å²) in [5, 5.41) is 2.78. The molecular weight excluding hydrogens is 528 g/mol. The monoisotopic (exact) mass is 550 g/mol. The first-order chi connectivity index (χ1) is 15.8. The zero-order chi connectivity index (χ0) is 23.8. The van der Waals surface area contributed by atoms with Crippen LogP contribution < -0.4 is 19.5 Å². The summed E-state index contributed by atoms with van der Waals surface area (Å²) in [4.78, 5) is 12.3. The molecule has 174 valence electrons. The number of methoxy groups -OCH3 is 2. The molecule has 0 aromatic heterocycles. The number of hydrogen-bond acceptors (Lipinski definition) is 6. The Morgan fingerprint density at radius 1 is 0.970 bits per heavy atom. The Morgan fingerprint density at radius 2 is 1.67 bits per heavy atom. The van der Waals surface area contributed by atoms with Gasteiger partial charge in [-0.15, -0.1) is 11.8 Å². The fourth-order valence-corrected chi connectivity index (χ4v) is 4.97. The normalized spacial score (nSPS) is 11.0. The highest BCUT2D eigenvalue weighted by atomic mass is 79.9. The maximum absolute atomic E-state index is 12.8. The van der Waals surface area contributed by atoms with E-state index in [4.69, 9.17) is 9.47 Å². The van der Waals surface area contributed by atoms with E-state index in [9.17, 15) is 13.2 Å². The van der Waals surface area contributed by atoms with E-state index in [1.54, 1.807) is 30.3 Å². The first kappa shape index (κ1) is 24.9. The number of anilines is 2. The molecule has 3 aromatic carbocycles. The van der Waals surface area contributed by atoms with Crippen LogP contribution in [0.1, 0.15) is 5.56 Å². The minimum Gasteiger partial charge on any atom is -0.497 e. The number of sulfonamides is 1. The summed E-state index contributed by atoms with van der Waals surface area (Å²) in [5.74, 6) is 1.73. The molecule has 0 heterocycles. The highest BCUT2D eigenvalue weighted by molar-refractivity contribution is 9.10. The topological polar surface area (TPSA) is 93.7 Å². The Hall–Kier alpha value is -2.69. The molecule has 0 atom stereocenters. The van der Waals surface area contributed by atoms with Crippen molar-refractivity contribution < 1.29 is 22.7 Å². The van der Waals surface area contributed by atoms with Crippen LogP contribution in [0.25, 0.3) is 0 Å². The van der Waals surface area contributed by atoms with Gasteiger partial charge in [-0.1, -0.05) is 28.1 Å². The fraction of sp³-hybridized carbons (Fsp3) is 0.174. The minimum atomic E-state index is -3.85. The third kappa shape index (κ3) is 7.15. The molecule has 3 rings (SSSR count). The summed E-state index contributed by atoms with van der Waals surface area (Å²) < 4.78 is 39.4. The van der Waals surface area contributed by atoms with Crippen molar-refractivity contribution in [2.75, 3.05) is 30.0 Å². The van der Waals surface area contributed by atoms with Gasteiger partial charge in [-0.3, -0.25) is 9.52 Å². The number of carbonyl (C=O) groups excluding carboxylic acids is 1. The molecule has 0 radical (unpaired) electrons. The highest BCUT2D eigenvalue weighted by Crippen LogP contribution is 2.31. The third-order valence-corrected chi connectivity index (χ3v) is 7.43. The Bertz CT molecular complexity index is 1200. The number of hydrogen-bond donors (Lipinski definition) is 2. The standard InChI is InChI=1S/C23H23BrN2O5S2/c1-30-19-9-12-21(22(13-19)31-2)26-33(28,29)20-10-7-18(8-11-20)25-23(27)15-32-14-16-3-5-17(24)6-4-16/h3-13,26H,14-15H2,1-2H3,(H,25,27). The van der Waals surface area contributed by atoms with Gasteiger partial charge < -0.3 is 14.8 Å². The van der Waals surface area contributed by atoms with Crippen LogP contribution in [-0.4, -0.2) is 34.3 Å². The molecule has 1 amide bonds. The van der Waals surface area contributed by atoms with Crippen molar-refractivity contribution in [1.29, 1.82) is 0 Å². The van der Waals surface area contributed by atoms with Crippen LogP contribution in [0.5, 0.6) is 11.5 Å². The first-order valence-corrected chi connectivity index (χ1v) is 13.2. The lowest BCUT2D eigenvalue weighted by Gasteiger charge is -2.13. The van der Waals surface area contributed by atoms with Gasteiger partial charge in [-0.05, 0) is 54.1 Å². The Morgan fingerprint density at radius 3 is 2.30 bits per heavy atom. The summed E-state index contributed by atoms with van der Waals surface area (Å²) in [6.45, 7) is 0. The number of nitrogens with one attached hydrogen (secondary N) is 2. The maximum atomic E-state index is 12.8. The highest BCUT2D eigenvalue weighted by Gasteiger charge is 2.17. The molecule has 0 aliphatic carbocycles. The van der Waals surface area contributed by atoms with Crippen molar-refractivity contribution >= 4 is 55.0 Å². The predicted octanol–water partition coefficient (Wildman–Crippen LogP) is 5.14. The van der Waals surface area contributed by atoms with E-state index in [0.717, 1.165) is 15.8 Å². The molecule has 0 spiro atoms. The van der Waals surface area contributed by atoms with Crippen molar-refractivity contribution in [1.82, 2.24) is 0 Å². The SMILES string of the molecule is COc1ccc(NS(=O)(=O)c2ccc(NC(=O)CSCc3ccc(Br)cc3)cc2)c(OC)c1. The van der Waals surface area contributed by atoms with Gasteiger partial charge in [-0.2, -0.15) is 0 Å². The molecular formula is C23H23BrN2O5S2. The molecule has 0 aliphatic heterocycles. The van der Waals surface area contributed by atoms with Crippen molar-refractivity contribution in [3.8, 4) is 11.5 Å². The van der Waals surface area contributed by atoms with Gasteiger partial charge >= 0.3 is 0 Å². The van der Waals surface area contributed by atoms with E-state index < -0.39 is 10.0 Å². The van der Waals surface area contributed by atoms with Gasteiger partial charge in [0, 0.05) is 22.0 Å². The number of carbonyl (C=O) groups is 1. The molecule has 33 heavy (non-hydrogen) atoms.